The van der Waals surface area contributed by atoms with Crippen molar-refractivity contribution < 1.29 is 4.39 Å². The number of rotatable bonds is 1. The van der Waals surface area contributed by atoms with Crippen LogP contribution in [0, 0.1) is 12.7 Å². The normalized spacial score (nSPS) is 11.2. The lowest BCUT2D eigenvalue weighted by molar-refractivity contribution is 0.619. The van der Waals surface area contributed by atoms with Gasteiger partial charge in [0.2, 0.25) is 0 Å². The summed E-state index contributed by atoms with van der Waals surface area (Å²) >= 11 is 1.59. The van der Waals surface area contributed by atoms with E-state index in [1.54, 1.807) is 21.8 Å². The van der Waals surface area contributed by atoms with Crippen LogP contribution >= 0.6 is 11.3 Å². The number of fused-ring (bicyclic) bond motifs is 1. The predicted molar refractivity (Wildman–Crippen MR) is 67.6 cm³/mol. The molecule has 17 heavy (non-hydrogen) atoms. The molecule has 3 aromatic rings. The molecular weight excluding hydrogens is 237 g/mol. The Morgan fingerprint density at radius 3 is 2.88 bits per heavy atom. The lowest BCUT2D eigenvalue weighted by atomic mass is 10.2. The van der Waals surface area contributed by atoms with Crippen LogP contribution in [-0.4, -0.2) is 9.38 Å². The lowest BCUT2D eigenvalue weighted by Gasteiger charge is -1.98. The van der Waals surface area contributed by atoms with Gasteiger partial charge in [-0.3, -0.25) is 4.40 Å². The van der Waals surface area contributed by atoms with Gasteiger partial charge in [0.15, 0.2) is 0 Å². The number of imidazole rings is 1. The molecule has 86 valence electrons. The van der Waals surface area contributed by atoms with E-state index in [1.165, 1.54) is 12.3 Å². The summed E-state index contributed by atoms with van der Waals surface area (Å²) in [6.07, 6.45) is 1.35. The minimum Gasteiger partial charge on any atom is -0.383 e. The number of nitrogens with zero attached hydrogens (tertiary/aromatic N) is 2. The summed E-state index contributed by atoms with van der Waals surface area (Å²) < 4.78 is 14.7. The van der Waals surface area contributed by atoms with E-state index in [1.807, 2.05) is 18.4 Å². The number of hydrogen-bond donors (Lipinski definition) is 1. The Labute approximate surface area is 101 Å². The van der Waals surface area contributed by atoms with E-state index in [0.717, 1.165) is 16.1 Å². The Hall–Kier alpha value is -1.88. The highest BCUT2D eigenvalue weighted by molar-refractivity contribution is 7.13. The van der Waals surface area contributed by atoms with Crippen LogP contribution in [0.3, 0.4) is 0 Å². The van der Waals surface area contributed by atoms with Gasteiger partial charge in [-0.25, -0.2) is 9.37 Å². The molecule has 0 aliphatic heterocycles. The van der Waals surface area contributed by atoms with Gasteiger partial charge < -0.3 is 5.73 Å². The zero-order valence-corrected chi connectivity index (χ0v) is 9.96. The summed E-state index contributed by atoms with van der Waals surface area (Å²) in [6.45, 7) is 2.01. The molecule has 0 unspecified atom stereocenters. The summed E-state index contributed by atoms with van der Waals surface area (Å²) in [5, 5.41) is 1.99. The first-order valence-electron chi connectivity index (χ1n) is 5.14. The van der Waals surface area contributed by atoms with Gasteiger partial charge >= 0.3 is 0 Å². The van der Waals surface area contributed by atoms with Crippen LogP contribution in [0.5, 0.6) is 0 Å². The van der Waals surface area contributed by atoms with Crippen LogP contribution in [0.15, 0.2) is 29.8 Å². The maximum atomic E-state index is 13.1. The molecule has 5 heteroatoms. The quantitative estimate of drug-likeness (QED) is 0.718. The smallest absolute Gasteiger partial charge is 0.140 e. The van der Waals surface area contributed by atoms with Gasteiger partial charge in [0.25, 0.3) is 0 Å². The summed E-state index contributed by atoms with van der Waals surface area (Å²) in [6, 6.07) is 5.02. The monoisotopic (exact) mass is 247 g/mol. The van der Waals surface area contributed by atoms with E-state index in [0.29, 0.717) is 11.5 Å². The maximum absolute atomic E-state index is 13.1. The van der Waals surface area contributed by atoms with Crippen molar-refractivity contribution in [1.82, 2.24) is 9.38 Å². The van der Waals surface area contributed by atoms with Crippen LogP contribution in [0.4, 0.5) is 10.2 Å². The molecule has 0 aromatic carbocycles. The fourth-order valence-corrected chi connectivity index (χ4v) is 2.74. The zero-order chi connectivity index (χ0) is 12.0. The number of nitrogens with two attached hydrogens (primary N) is 1. The third kappa shape index (κ3) is 1.51. The van der Waals surface area contributed by atoms with E-state index in [9.17, 15) is 4.39 Å². The second-order valence-electron chi connectivity index (χ2n) is 3.85. The molecule has 3 rings (SSSR count). The van der Waals surface area contributed by atoms with Crippen molar-refractivity contribution in [1.29, 1.82) is 0 Å². The molecule has 3 heterocycles. The van der Waals surface area contributed by atoms with Crippen LogP contribution in [0.25, 0.3) is 16.2 Å². The highest BCUT2D eigenvalue weighted by Gasteiger charge is 2.14. The first-order chi connectivity index (χ1) is 8.16. The standard InChI is InChI=1S/C12H10FN3S/c1-7-4-5-17-11(7)10-12(14)16-6-8(13)2-3-9(16)15-10/h2-6H,14H2,1H3. The highest BCUT2D eigenvalue weighted by Crippen LogP contribution is 2.33. The molecular formula is C12H10FN3S. The Balaban J connectivity index is 2.32. The second-order valence-corrected chi connectivity index (χ2v) is 4.77. The third-order valence-electron chi connectivity index (χ3n) is 2.70. The van der Waals surface area contributed by atoms with E-state index < -0.39 is 0 Å². The topological polar surface area (TPSA) is 43.3 Å². The number of thiophene rings is 1. The van der Waals surface area contributed by atoms with Crippen molar-refractivity contribution in [3.63, 3.8) is 0 Å². The first kappa shape index (κ1) is 10.3. The van der Waals surface area contributed by atoms with Gasteiger partial charge in [0, 0.05) is 6.20 Å². The molecule has 2 N–H and O–H groups in total. The number of halogens is 1. The SMILES string of the molecule is Cc1ccsc1-c1nc2ccc(F)cn2c1N. The molecule has 0 bridgehead atoms. The molecule has 0 fully saturated rings. The van der Waals surface area contributed by atoms with Crippen molar-refractivity contribution in [3.8, 4) is 10.6 Å². The largest absolute Gasteiger partial charge is 0.383 e. The number of aromatic nitrogens is 2. The average Bonchev–Trinajstić information content (AvgIpc) is 2.84. The minimum atomic E-state index is -0.323. The molecule has 0 radical (unpaired) electrons. The predicted octanol–water partition coefficient (Wildman–Crippen LogP) is 3.09. The van der Waals surface area contributed by atoms with Crippen LogP contribution in [0.2, 0.25) is 0 Å². The van der Waals surface area contributed by atoms with Crippen molar-refractivity contribution in [2.75, 3.05) is 5.73 Å². The molecule has 3 nitrogen and oxygen atoms in total. The van der Waals surface area contributed by atoms with E-state index in [4.69, 9.17) is 5.73 Å². The van der Waals surface area contributed by atoms with Crippen LogP contribution < -0.4 is 5.73 Å². The molecule has 3 aromatic heterocycles. The fraction of sp³-hybridized carbons (Fsp3) is 0.0833. The van der Waals surface area contributed by atoms with Gasteiger partial charge in [-0.1, -0.05) is 0 Å². The highest BCUT2D eigenvalue weighted by atomic mass is 32.1. The van der Waals surface area contributed by atoms with Crippen LogP contribution in [0.1, 0.15) is 5.56 Å². The summed E-state index contributed by atoms with van der Waals surface area (Å²) in [5.74, 6) is 0.154. The second kappa shape index (κ2) is 3.56. The molecule has 0 saturated carbocycles. The molecule has 0 atom stereocenters. The van der Waals surface area contributed by atoms with Crippen molar-refractivity contribution in [2.24, 2.45) is 0 Å². The minimum absolute atomic E-state index is 0.323. The van der Waals surface area contributed by atoms with E-state index in [-0.39, 0.29) is 5.82 Å². The fourth-order valence-electron chi connectivity index (χ4n) is 1.82. The van der Waals surface area contributed by atoms with Crippen LogP contribution in [-0.2, 0) is 0 Å². The molecule has 0 spiro atoms. The van der Waals surface area contributed by atoms with E-state index >= 15 is 0 Å². The van der Waals surface area contributed by atoms with Crippen molar-refractivity contribution in [3.05, 3.63) is 41.2 Å². The first-order valence-corrected chi connectivity index (χ1v) is 6.02. The Morgan fingerprint density at radius 2 is 2.18 bits per heavy atom. The van der Waals surface area contributed by atoms with Gasteiger partial charge in [0.1, 0.15) is 23.0 Å². The van der Waals surface area contributed by atoms with Gasteiger partial charge in [0.05, 0.1) is 4.88 Å². The van der Waals surface area contributed by atoms with Gasteiger partial charge in [-0.05, 0) is 36.1 Å². The van der Waals surface area contributed by atoms with Crippen molar-refractivity contribution in [2.45, 2.75) is 6.92 Å². The van der Waals surface area contributed by atoms with Gasteiger partial charge in [-0.2, -0.15) is 0 Å². The zero-order valence-electron chi connectivity index (χ0n) is 9.14. The average molecular weight is 247 g/mol. The lowest BCUT2D eigenvalue weighted by Crippen LogP contribution is -1.94. The molecule has 0 saturated heterocycles. The summed E-state index contributed by atoms with van der Waals surface area (Å²) in [4.78, 5) is 5.47. The Bertz CT molecular complexity index is 699. The molecule has 0 amide bonds. The van der Waals surface area contributed by atoms with Crippen molar-refractivity contribution >= 4 is 22.8 Å². The number of aryl methyl sites for hydroxylation is 1. The Morgan fingerprint density at radius 1 is 1.35 bits per heavy atom. The number of hydrogen-bond acceptors (Lipinski definition) is 3. The summed E-state index contributed by atoms with van der Waals surface area (Å²) in [7, 11) is 0. The molecule has 0 aliphatic carbocycles. The van der Waals surface area contributed by atoms with E-state index in [2.05, 4.69) is 4.98 Å². The summed E-state index contributed by atoms with van der Waals surface area (Å²) in [5.41, 5.74) is 8.52. The number of nitrogen functional groups attached to an aromatic ring is 1. The number of pyridine rings is 1. The number of anilines is 1. The maximum Gasteiger partial charge on any atom is 0.140 e. The Kier molecular flexibility index (Phi) is 2.16. The molecule has 0 aliphatic rings. The third-order valence-corrected chi connectivity index (χ3v) is 3.72. The van der Waals surface area contributed by atoms with Gasteiger partial charge in [-0.15, -0.1) is 11.3 Å².